The van der Waals surface area contributed by atoms with E-state index in [1.54, 1.807) is 6.07 Å². The fourth-order valence-electron chi connectivity index (χ4n) is 4.26. The highest BCUT2D eigenvalue weighted by atomic mass is 35.5. The summed E-state index contributed by atoms with van der Waals surface area (Å²) >= 11 is 6.67. The zero-order chi connectivity index (χ0) is 23.0. The first-order valence-corrected chi connectivity index (χ1v) is 10.6. The van der Waals surface area contributed by atoms with Crippen molar-refractivity contribution < 1.29 is 33.6 Å². The van der Waals surface area contributed by atoms with Gasteiger partial charge in [0.1, 0.15) is 12.2 Å². The van der Waals surface area contributed by atoms with Gasteiger partial charge in [-0.3, -0.25) is 0 Å². The van der Waals surface area contributed by atoms with Crippen molar-refractivity contribution >= 4 is 22.4 Å². The van der Waals surface area contributed by atoms with Crippen molar-refractivity contribution in [3.8, 4) is 5.75 Å². The molecule has 3 aromatic carbocycles. The van der Waals surface area contributed by atoms with Crippen LogP contribution in [0.1, 0.15) is 29.2 Å². The molecule has 4 atom stereocenters. The van der Waals surface area contributed by atoms with Gasteiger partial charge >= 0.3 is 0 Å². The highest BCUT2D eigenvalue weighted by Crippen LogP contribution is 2.40. The van der Waals surface area contributed by atoms with E-state index in [9.17, 15) is 24.1 Å². The molecule has 3 aromatic rings. The van der Waals surface area contributed by atoms with Gasteiger partial charge in [-0.2, -0.15) is 0 Å². The van der Waals surface area contributed by atoms with E-state index in [4.69, 9.17) is 21.1 Å². The van der Waals surface area contributed by atoms with Crippen LogP contribution in [-0.4, -0.2) is 47.3 Å². The first-order valence-electron chi connectivity index (χ1n) is 10.2. The maximum Gasteiger partial charge on any atom is 0.190 e. The molecule has 0 bridgehead atoms. The molecule has 3 N–H and O–H groups in total. The molecular formula is C24H23ClF2O5. The van der Waals surface area contributed by atoms with Crippen LogP contribution in [0, 0.1) is 11.6 Å². The SMILES string of the molecule is COc1c(F)cc(Cc2cc([C@H]3C[C@@H](O)[C@H](O)[C@@H](CO)O3)c3ccccc3c2Cl)cc1F. The summed E-state index contributed by atoms with van der Waals surface area (Å²) in [5.74, 6) is -2.06. The first-order chi connectivity index (χ1) is 15.3. The summed E-state index contributed by atoms with van der Waals surface area (Å²) in [6, 6.07) is 11.5. The number of halogens is 3. The van der Waals surface area contributed by atoms with E-state index in [1.165, 1.54) is 19.2 Å². The third kappa shape index (κ3) is 4.19. The molecule has 32 heavy (non-hydrogen) atoms. The van der Waals surface area contributed by atoms with Crippen LogP contribution in [0.4, 0.5) is 8.78 Å². The Hall–Kier alpha value is -2.29. The zero-order valence-corrected chi connectivity index (χ0v) is 18.0. The summed E-state index contributed by atoms with van der Waals surface area (Å²) in [5.41, 5.74) is 1.70. The van der Waals surface area contributed by atoms with E-state index in [-0.39, 0.29) is 12.8 Å². The maximum absolute atomic E-state index is 14.2. The Morgan fingerprint density at radius 2 is 1.75 bits per heavy atom. The minimum absolute atomic E-state index is 0.120. The minimum Gasteiger partial charge on any atom is -0.491 e. The molecule has 1 aliphatic rings. The monoisotopic (exact) mass is 464 g/mol. The number of methoxy groups -OCH3 is 1. The van der Waals surface area contributed by atoms with Crippen LogP contribution in [-0.2, 0) is 11.2 Å². The highest BCUT2D eigenvalue weighted by molar-refractivity contribution is 6.36. The van der Waals surface area contributed by atoms with Gasteiger partial charge in [0.15, 0.2) is 17.4 Å². The fraction of sp³-hybridized carbons (Fsp3) is 0.333. The topological polar surface area (TPSA) is 79.2 Å². The Morgan fingerprint density at radius 3 is 2.38 bits per heavy atom. The van der Waals surface area contributed by atoms with Gasteiger partial charge in [0.05, 0.1) is 30.9 Å². The lowest BCUT2D eigenvalue weighted by Crippen LogP contribution is -2.47. The Bertz CT molecular complexity index is 1120. The Labute approximate surface area is 188 Å². The molecule has 0 unspecified atom stereocenters. The Balaban J connectivity index is 1.79. The number of ether oxygens (including phenoxy) is 2. The summed E-state index contributed by atoms with van der Waals surface area (Å²) in [5, 5.41) is 31.9. The average molecular weight is 465 g/mol. The summed E-state index contributed by atoms with van der Waals surface area (Å²) in [4.78, 5) is 0. The molecule has 1 heterocycles. The predicted molar refractivity (Wildman–Crippen MR) is 116 cm³/mol. The molecule has 0 aromatic heterocycles. The lowest BCUT2D eigenvalue weighted by Gasteiger charge is -2.37. The van der Waals surface area contributed by atoms with Gasteiger partial charge in [0.25, 0.3) is 0 Å². The second-order valence-electron chi connectivity index (χ2n) is 7.89. The smallest absolute Gasteiger partial charge is 0.190 e. The van der Waals surface area contributed by atoms with Gasteiger partial charge in [0.2, 0.25) is 0 Å². The van der Waals surface area contributed by atoms with Gasteiger partial charge in [-0.1, -0.05) is 41.9 Å². The number of aliphatic hydroxyl groups excluding tert-OH is 3. The summed E-state index contributed by atoms with van der Waals surface area (Å²) in [6.07, 6.45) is -3.56. The quantitative estimate of drug-likeness (QED) is 0.533. The van der Waals surface area contributed by atoms with E-state index < -0.39 is 48.4 Å². The Kier molecular flexibility index (Phi) is 6.65. The molecule has 1 fully saturated rings. The van der Waals surface area contributed by atoms with E-state index in [2.05, 4.69) is 0 Å². The van der Waals surface area contributed by atoms with Gasteiger partial charge < -0.3 is 24.8 Å². The van der Waals surface area contributed by atoms with Crippen molar-refractivity contribution in [2.75, 3.05) is 13.7 Å². The van der Waals surface area contributed by atoms with Gasteiger partial charge in [-0.05, 0) is 40.6 Å². The third-order valence-electron chi connectivity index (χ3n) is 5.84. The number of hydrogen-bond acceptors (Lipinski definition) is 5. The number of aliphatic hydroxyl groups is 3. The van der Waals surface area contributed by atoms with E-state index in [1.807, 2.05) is 24.3 Å². The second kappa shape index (κ2) is 9.29. The first kappa shape index (κ1) is 22.9. The molecule has 5 nitrogen and oxygen atoms in total. The molecule has 1 saturated heterocycles. The number of rotatable bonds is 5. The van der Waals surface area contributed by atoms with E-state index in [0.717, 1.165) is 10.8 Å². The molecule has 0 saturated carbocycles. The van der Waals surface area contributed by atoms with Gasteiger partial charge in [-0.15, -0.1) is 0 Å². The number of fused-ring (bicyclic) bond motifs is 1. The average Bonchev–Trinajstić information content (AvgIpc) is 2.77. The fourth-order valence-corrected chi connectivity index (χ4v) is 4.54. The lowest BCUT2D eigenvalue weighted by molar-refractivity contribution is -0.181. The molecule has 0 aliphatic carbocycles. The highest BCUT2D eigenvalue weighted by Gasteiger charge is 2.37. The minimum atomic E-state index is -1.19. The summed E-state index contributed by atoms with van der Waals surface area (Å²) in [7, 11) is 1.20. The number of hydrogen-bond donors (Lipinski definition) is 3. The Morgan fingerprint density at radius 1 is 1.09 bits per heavy atom. The second-order valence-corrected chi connectivity index (χ2v) is 8.27. The zero-order valence-electron chi connectivity index (χ0n) is 17.3. The standard InChI is InChI=1S/C24H23ClF2O5/c1-31-24-17(26)7-12(8-18(24)27)6-13-9-16(14-4-2-3-5-15(14)22(13)25)20-10-19(29)23(30)21(11-28)32-20/h2-5,7-9,19-21,23,28-30H,6,10-11H2,1H3/t19-,20-,21-,23+/m1/s1. The largest absolute Gasteiger partial charge is 0.491 e. The summed E-state index contributed by atoms with van der Waals surface area (Å²) < 4.78 is 39.0. The van der Waals surface area contributed by atoms with Crippen molar-refractivity contribution in [1.29, 1.82) is 0 Å². The molecule has 0 amide bonds. The molecule has 4 rings (SSSR count). The van der Waals surface area contributed by atoms with Crippen molar-refractivity contribution in [1.82, 2.24) is 0 Å². The van der Waals surface area contributed by atoms with Crippen LogP contribution in [0.15, 0.2) is 42.5 Å². The van der Waals surface area contributed by atoms with Crippen LogP contribution in [0.25, 0.3) is 10.8 Å². The van der Waals surface area contributed by atoms with Crippen LogP contribution < -0.4 is 4.74 Å². The van der Waals surface area contributed by atoms with Gasteiger partial charge in [0, 0.05) is 11.8 Å². The molecular weight excluding hydrogens is 442 g/mol. The van der Waals surface area contributed by atoms with Crippen LogP contribution in [0.5, 0.6) is 5.75 Å². The van der Waals surface area contributed by atoms with Crippen molar-refractivity contribution in [3.05, 3.63) is 75.8 Å². The third-order valence-corrected chi connectivity index (χ3v) is 6.29. The van der Waals surface area contributed by atoms with E-state index in [0.29, 0.717) is 21.7 Å². The molecule has 1 aliphatic heterocycles. The van der Waals surface area contributed by atoms with E-state index >= 15 is 0 Å². The normalized spacial score (nSPS) is 23.5. The molecule has 170 valence electrons. The van der Waals surface area contributed by atoms with Crippen molar-refractivity contribution in [2.24, 2.45) is 0 Å². The van der Waals surface area contributed by atoms with Crippen LogP contribution in [0.2, 0.25) is 5.02 Å². The van der Waals surface area contributed by atoms with Crippen molar-refractivity contribution in [2.45, 2.75) is 37.3 Å². The molecule has 0 spiro atoms. The van der Waals surface area contributed by atoms with Crippen LogP contribution >= 0.6 is 11.6 Å². The lowest BCUT2D eigenvalue weighted by atomic mass is 9.89. The van der Waals surface area contributed by atoms with Crippen molar-refractivity contribution in [3.63, 3.8) is 0 Å². The summed E-state index contributed by atoms with van der Waals surface area (Å²) in [6.45, 7) is -0.447. The van der Waals surface area contributed by atoms with Gasteiger partial charge in [-0.25, -0.2) is 8.78 Å². The molecule has 8 heteroatoms. The predicted octanol–water partition coefficient (Wildman–Crippen LogP) is 3.91. The van der Waals surface area contributed by atoms with Crippen LogP contribution in [0.3, 0.4) is 0 Å². The molecule has 0 radical (unpaired) electrons. The number of benzene rings is 3. The maximum atomic E-state index is 14.2.